The van der Waals surface area contributed by atoms with Crippen LogP contribution in [0.3, 0.4) is 0 Å². The van der Waals surface area contributed by atoms with Gasteiger partial charge >= 0.3 is 11.9 Å². The van der Waals surface area contributed by atoms with E-state index in [9.17, 15) is 4.79 Å². The topological polar surface area (TPSA) is 65.2 Å². The number of halogens is 1. The highest BCUT2D eigenvalue weighted by Crippen LogP contribution is 2.21. The molecule has 0 radical (unpaired) electrons. The molecule has 0 N–H and O–H groups in total. The van der Waals surface area contributed by atoms with Gasteiger partial charge in [-0.25, -0.2) is 9.78 Å². The van der Waals surface area contributed by atoms with Gasteiger partial charge in [-0.15, -0.1) is 0 Å². The molecule has 0 aliphatic heterocycles. The summed E-state index contributed by atoms with van der Waals surface area (Å²) in [5.41, 5.74) is 0.764. The number of ether oxygens (including phenoxy) is 1. The number of methoxy groups -OCH3 is 1. The van der Waals surface area contributed by atoms with Gasteiger partial charge in [0.1, 0.15) is 5.52 Å². The highest BCUT2D eigenvalue weighted by atomic mass is 35.5. The molecule has 6 heteroatoms. The molecule has 0 unspecified atom stereocenters. The summed E-state index contributed by atoms with van der Waals surface area (Å²) < 4.78 is 9.54. The zero-order chi connectivity index (χ0) is 10.1. The molecule has 0 spiro atoms. The van der Waals surface area contributed by atoms with Crippen molar-refractivity contribution in [1.82, 2.24) is 9.97 Å². The van der Waals surface area contributed by atoms with E-state index in [2.05, 4.69) is 14.7 Å². The summed E-state index contributed by atoms with van der Waals surface area (Å²) in [6.07, 6.45) is 1.47. The highest BCUT2D eigenvalue weighted by Gasteiger charge is 2.16. The van der Waals surface area contributed by atoms with E-state index in [0.29, 0.717) is 11.1 Å². The van der Waals surface area contributed by atoms with Crippen molar-refractivity contribution in [3.63, 3.8) is 0 Å². The monoisotopic (exact) mass is 212 g/mol. The first-order chi connectivity index (χ1) is 6.72. The van der Waals surface area contributed by atoms with E-state index in [0.717, 1.165) is 0 Å². The maximum atomic E-state index is 11.1. The van der Waals surface area contributed by atoms with Crippen LogP contribution < -0.4 is 0 Å². The van der Waals surface area contributed by atoms with Crippen molar-refractivity contribution >= 4 is 28.7 Å². The Labute approximate surface area is 83.7 Å². The van der Waals surface area contributed by atoms with Crippen molar-refractivity contribution in [2.75, 3.05) is 7.11 Å². The Morgan fingerprint density at radius 2 is 2.43 bits per heavy atom. The van der Waals surface area contributed by atoms with E-state index in [1.807, 2.05) is 0 Å². The van der Waals surface area contributed by atoms with Crippen LogP contribution in [0.4, 0.5) is 0 Å². The molecule has 0 saturated carbocycles. The average molecular weight is 213 g/mol. The smallest absolute Gasteiger partial charge is 0.394 e. The summed E-state index contributed by atoms with van der Waals surface area (Å²) in [7, 11) is 1.25. The molecule has 2 rings (SSSR count). The largest absolute Gasteiger partial charge is 0.462 e. The van der Waals surface area contributed by atoms with E-state index in [-0.39, 0.29) is 11.0 Å². The van der Waals surface area contributed by atoms with Crippen LogP contribution in [-0.4, -0.2) is 23.0 Å². The quantitative estimate of drug-likeness (QED) is 0.531. The number of esters is 1. The van der Waals surface area contributed by atoms with Crippen molar-refractivity contribution in [2.24, 2.45) is 0 Å². The molecular formula is C8H5ClN2O3. The Morgan fingerprint density at radius 3 is 3.07 bits per heavy atom. The maximum absolute atomic E-state index is 11.1. The summed E-state index contributed by atoms with van der Waals surface area (Å²) in [6, 6.07) is 1.57. The lowest BCUT2D eigenvalue weighted by atomic mass is 10.4. The second-order valence-electron chi connectivity index (χ2n) is 2.46. The lowest BCUT2D eigenvalue weighted by molar-refractivity contribution is 0.0559. The van der Waals surface area contributed by atoms with Gasteiger partial charge in [-0.05, 0) is 0 Å². The fourth-order valence-corrected chi connectivity index (χ4v) is 1.19. The Bertz CT molecular complexity index is 494. The molecule has 0 aliphatic rings. The second-order valence-corrected chi connectivity index (χ2v) is 2.82. The number of hydrogen-bond acceptors (Lipinski definition) is 5. The molecule has 14 heavy (non-hydrogen) atoms. The second kappa shape index (κ2) is 3.26. The third-order valence-corrected chi connectivity index (χ3v) is 1.90. The van der Waals surface area contributed by atoms with E-state index >= 15 is 0 Å². The lowest BCUT2D eigenvalue weighted by Crippen LogP contribution is -2.00. The van der Waals surface area contributed by atoms with Crippen LogP contribution in [0.5, 0.6) is 0 Å². The van der Waals surface area contributed by atoms with Crippen LogP contribution in [0.1, 0.15) is 10.7 Å². The number of aromatic nitrogens is 2. The van der Waals surface area contributed by atoms with E-state index < -0.39 is 5.97 Å². The number of hydrogen-bond donors (Lipinski definition) is 0. The number of rotatable bonds is 1. The molecule has 0 amide bonds. The van der Waals surface area contributed by atoms with Gasteiger partial charge in [0.25, 0.3) is 0 Å². The first kappa shape index (κ1) is 8.96. The molecule has 0 bridgehead atoms. The predicted octanol–water partition coefficient (Wildman–Crippen LogP) is 1.66. The fourth-order valence-electron chi connectivity index (χ4n) is 0.999. The standard InChI is InChI=1S/C8H5ClN2O3/c1-13-8(12)7-11-5-4(14-7)2-3-10-6(5)9/h2-3H,1H3. The number of nitrogens with zero attached hydrogens (tertiary/aromatic N) is 2. The van der Waals surface area contributed by atoms with Gasteiger partial charge in [-0.3, -0.25) is 0 Å². The predicted molar refractivity (Wildman–Crippen MR) is 48.2 cm³/mol. The number of carbonyl (C=O) groups is 1. The van der Waals surface area contributed by atoms with Crippen molar-refractivity contribution in [3.05, 3.63) is 23.3 Å². The molecule has 2 aromatic rings. The zero-order valence-electron chi connectivity index (χ0n) is 7.15. The Morgan fingerprint density at radius 1 is 1.64 bits per heavy atom. The molecule has 0 saturated heterocycles. The zero-order valence-corrected chi connectivity index (χ0v) is 7.91. The lowest BCUT2D eigenvalue weighted by Gasteiger charge is -1.88. The van der Waals surface area contributed by atoms with Crippen molar-refractivity contribution in [2.45, 2.75) is 0 Å². The van der Waals surface area contributed by atoms with Gasteiger partial charge < -0.3 is 9.15 Å². The summed E-state index contributed by atoms with van der Waals surface area (Å²) in [5, 5.41) is 0.196. The third-order valence-electron chi connectivity index (χ3n) is 1.62. The third kappa shape index (κ3) is 1.31. The number of carbonyl (C=O) groups excluding carboxylic acids is 1. The summed E-state index contributed by atoms with van der Waals surface area (Å²) in [4.78, 5) is 18.7. The molecular weight excluding hydrogens is 208 g/mol. The minimum Gasteiger partial charge on any atom is -0.462 e. The molecule has 2 aromatic heterocycles. The van der Waals surface area contributed by atoms with Crippen LogP contribution in [0.15, 0.2) is 16.7 Å². The Hall–Kier alpha value is -1.62. The normalized spacial score (nSPS) is 10.4. The molecule has 2 heterocycles. The van der Waals surface area contributed by atoms with Gasteiger partial charge in [-0.2, -0.15) is 4.98 Å². The molecule has 0 aliphatic carbocycles. The molecule has 0 atom stereocenters. The number of fused-ring (bicyclic) bond motifs is 1. The van der Waals surface area contributed by atoms with Crippen LogP contribution in [0.25, 0.3) is 11.1 Å². The van der Waals surface area contributed by atoms with Gasteiger partial charge in [-0.1, -0.05) is 11.6 Å². The Balaban J connectivity index is 2.62. The minimum atomic E-state index is -0.641. The maximum Gasteiger partial charge on any atom is 0.394 e. The van der Waals surface area contributed by atoms with Crippen molar-refractivity contribution in [3.8, 4) is 0 Å². The van der Waals surface area contributed by atoms with Gasteiger partial charge in [0.05, 0.1) is 7.11 Å². The van der Waals surface area contributed by atoms with E-state index in [4.69, 9.17) is 16.0 Å². The van der Waals surface area contributed by atoms with Crippen LogP contribution >= 0.6 is 11.6 Å². The molecule has 0 aromatic carbocycles. The number of oxazole rings is 1. The van der Waals surface area contributed by atoms with Crippen LogP contribution in [0.2, 0.25) is 5.15 Å². The van der Waals surface area contributed by atoms with Gasteiger partial charge in [0.15, 0.2) is 10.7 Å². The summed E-state index contributed by atoms with van der Waals surface area (Å²) in [5.74, 6) is -0.769. The van der Waals surface area contributed by atoms with Crippen LogP contribution in [0, 0.1) is 0 Å². The number of pyridine rings is 1. The van der Waals surface area contributed by atoms with E-state index in [1.54, 1.807) is 6.07 Å². The average Bonchev–Trinajstić information content (AvgIpc) is 2.62. The highest BCUT2D eigenvalue weighted by molar-refractivity contribution is 6.33. The van der Waals surface area contributed by atoms with Crippen molar-refractivity contribution in [1.29, 1.82) is 0 Å². The molecule has 72 valence electrons. The Kier molecular flexibility index (Phi) is 2.09. The molecule has 0 fully saturated rings. The molecule has 5 nitrogen and oxygen atoms in total. The van der Waals surface area contributed by atoms with Gasteiger partial charge in [0.2, 0.25) is 0 Å². The summed E-state index contributed by atoms with van der Waals surface area (Å²) in [6.45, 7) is 0. The van der Waals surface area contributed by atoms with E-state index in [1.165, 1.54) is 13.3 Å². The SMILES string of the molecule is COC(=O)c1nc2c(Cl)nccc2o1. The van der Waals surface area contributed by atoms with Crippen LogP contribution in [-0.2, 0) is 4.74 Å². The first-order valence-corrected chi connectivity index (χ1v) is 4.09. The van der Waals surface area contributed by atoms with Gasteiger partial charge in [0, 0.05) is 12.3 Å². The summed E-state index contributed by atoms with van der Waals surface area (Å²) >= 11 is 5.73. The minimum absolute atomic E-state index is 0.127. The van der Waals surface area contributed by atoms with Crippen molar-refractivity contribution < 1.29 is 13.9 Å². The fraction of sp³-hybridized carbons (Fsp3) is 0.125. The first-order valence-electron chi connectivity index (χ1n) is 3.71.